The van der Waals surface area contributed by atoms with Crippen molar-refractivity contribution >= 4 is 11.6 Å². The van der Waals surface area contributed by atoms with Gasteiger partial charge in [0.25, 0.3) is 0 Å². The summed E-state index contributed by atoms with van der Waals surface area (Å²) in [4.78, 5) is 4.05. The van der Waals surface area contributed by atoms with Gasteiger partial charge in [-0.15, -0.1) is 0 Å². The van der Waals surface area contributed by atoms with Crippen molar-refractivity contribution in [1.82, 2.24) is 4.98 Å². The highest BCUT2D eigenvalue weighted by Crippen LogP contribution is 2.19. The molecule has 2 rings (SSSR count). The number of halogens is 1. The van der Waals surface area contributed by atoms with Crippen molar-refractivity contribution < 1.29 is 4.57 Å². The summed E-state index contributed by atoms with van der Waals surface area (Å²) in [7, 11) is 1.99. The quantitative estimate of drug-likeness (QED) is 0.653. The summed E-state index contributed by atoms with van der Waals surface area (Å²) in [6.07, 6.45) is 7.46. The Morgan fingerprint density at radius 3 is 2.86 bits per heavy atom. The van der Waals surface area contributed by atoms with Crippen molar-refractivity contribution in [3.63, 3.8) is 0 Å². The van der Waals surface area contributed by atoms with E-state index >= 15 is 0 Å². The van der Waals surface area contributed by atoms with Crippen molar-refractivity contribution in [2.24, 2.45) is 7.05 Å². The molecule has 2 aromatic heterocycles. The molecule has 3 heteroatoms. The third kappa shape index (κ3) is 1.91. The maximum atomic E-state index is 5.87. The number of hydrogen-bond donors (Lipinski definition) is 0. The lowest BCUT2D eigenvalue weighted by Gasteiger charge is -1.98. The normalized spacial score (nSPS) is 10.1. The number of aromatic nitrogens is 2. The van der Waals surface area contributed by atoms with E-state index in [4.69, 9.17) is 11.6 Å². The van der Waals surface area contributed by atoms with E-state index in [-0.39, 0.29) is 0 Å². The van der Waals surface area contributed by atoms with Crippen LogP contribution in [0.15, 0.2) is 43.0 Å². The van der Waals surface area contributed by atoms with E-state index < -0.39 is 0 Å². The Morgan fingerprint density at radius 1 is 1.29 bits per heavy atom. The van der Waals surface area contributed by atoms with Gasteiger partial charge in [-0.25, -0.2) is 4.57 Å². The fourth-order valence-corrected chi connectivity index (χ4v) is 1.50. The van der Waals surface area contributed by atoms with Crippen LogP contribution >= 0.6 is 11.6 Å². The van der Waals surface area contributed by atoms with Gasteiger partial charge in [-0.3, -0.25) is 4.98 Å². The van der Waals surface area contributed by atoms with Crippen molar-refractivity contribution in [2.75, 3.05) is 0 Å². The molecule has 2 nitrogen and oxygen atoms in total. The summed E-state index contributed by atoms with van der Waals surface area (Å²) in [5.74, 6) is 0. The lowest BCUT2D eigenvalue weighted by Crippen LogP contribution is -2.26. The number of rotatable bonds is 1. The van der Waals surface area contributed by atoms with E-state index in [1.54, 1.807) is 12.4 Å². The summed E-state index contributed by atoms with van der Waals surface area (Å²) < 4.78 is 2.00. The van der Waals surface area contributed by atoms with E-state index in [2.05, 4.69) is 4.98 Å². The molecular weight excluding hydrogens is 196 g/mol. The van der Waals surface area contributed by atoms with Crippen LogP contribution in [0, 0.1) is 0 Å². The Morgan fingerprint density at radius 2 is 2.14 bits per heavy atom. The first kappa shape index (κ1) is 9.16. The first-order chi connectivity index (χ1) is 6.75. The topological polar surface area (TPSA) is 16.8 Å². The van der Waals surface area contributed by atoms with Gasteiger partial charge >= 0.3 is 0 Å². The van der Waals surface area contributed by atoms with Crippen LogP contribution in [0.5, 0.6) is 0 Å². The van der Waals surface area contributed by atoms with Gasteiger partial charge in [0, 0.05) is 29.6 Å². The predicted octanol–water partition coefficient (Wildman–Crippen LogP) is 2.23. The van der Waals surface area contributed by atoms with Gasteiger partial charge in [0.1, 0.15) is 7.05 Å². The van der Waals surface area contributed by atoms with Crippen molar-refractivity contribution in [3.05, 3.63) is 48.0 Å². The van der Waals surface area contributed by atoms with Gasteiger partial charge in [0.2, 0.25) is 0 Å². The van der Waals surface area contributed by atoms with Gasteiger partial charge in [-0.1, -0.05) is 11.6 Å². The van der Waals surface area contributed by atoms with Crippen LogP contribution in [0.4, 0.5) is 0 Å². The number of aryl methyl sites for hydroxylation is 1. The molecule has 0 bridgehead atoms. The molecule has 0 saturated carbocycles. The monoisotopic (exact) mass is 205 g/mol. The van der Waals surface area contributed by atoms with Gasteiger partial charge in [0.15, 0.2) is 12.4 Å². The minimum atomic E-state index is 0.661. The lowest BCUT2D eigenvalue weighted by molar-refractivity contribution is -0.671. The fraction of sp³-hybridized carbons (Fsp3) is 0.0909. The molecular formula is C11H10ClN2+. The molecule has 0 unspecified atom stereocenters. The smallest absolute Gasteiger partial charge is 0.176 e. The summed E-state index contributed by atoms with van der Waals surface area (Å²) in [5.41, 5.74) is 2.15. The van der Waals surface area contributed by atoms with Crippen LogP contribution in [0.3, 0.4) is 0 Å². The van der Waals surface area contributed by atoms with Crippen LogP contribution in [-0.4, -0.2) is 4.98 Å². The molecule has 0 N–H and O–H groups in total. The molecule has 0 amide bonds. The molecule has 0 aliphatic heterocycles. The molecule has 2 aromatic rings. The highest BCUT2D eigenvalue weighted by Gasteiger charge is 2.02. The lowest BCUT2D eigenvalue weighted by atomic mass is 10.1. The average Bonchev–Trinajstić information content (AvgIpc) is 2.18. The second-order valence-corrected chi connectivity index (χ2v) is 3.59. The zero-order chi connectivity index (χ0) is 9.97. The van der Waals surface area contributed by atoms with E-state index in [0.29, 0.717) is 5.02 Å². The predicted molar refractivity (Wildman–Crippen MR) is 55.9 cm³/mol. The van der Waals surface area contributed by atoms with E-state index in [1.165, 1.54) is 0 Å². The summed E-state index contributed by atoms with van der Waals surface area (Å²) in [5, 5.41) is 0.661. The largest absolute Gasteiger partial charge is 0.263 e. The van der Waals surface area contributed by atoms with Gasteiger partial charge in [0.05, 0.1) is 5.02 Å². The maximum absolute atomic E-state index is 5.87. The van der Waals surface area contributed by atoms with Crippen LogP contribution < -0.4 is 4.57 Å². The third-order valence-electron chi connectivity index (χ3n) is 1.98. The molecule has 0 saturated heterocycles. The Kier molecular flexibility index (Phi) is 2.46. The maximum Gasteiger partial charge on any atom is 0.176 e. The van der Waals surface area contributed by atoms with Crippen LogP contribution in [0.2, 0.25) is 5.02 Å². The van der Waals surface area contributed by atoms with E-state index in [0.717, 1.165) is 11.1 Å². The number of pyridine rings is 2. The van der Waals surface area contributed by atoms with Crippen LogP contribution in [-0.2, 0) is 7.05 Å². The molecule has 0 aromatic carbocycles. The van der Waals surface area contributed by atoms with Gasteiger partial charge < -0.3 is 0 Å². The SMILES string of the molecule is C[n+]1cccc(-c2cncc(Cl)c2)c1. The molecule has 14 heavy (non-hydrogen) atoms. The molecule has 0 aliphatic carbocycles. The molecule has 0 aliphatic rings. The second kappa shape index (κ2) is 3.76. The minimum Gasteiger partial charge on any atom is -0.263 e. The first-order valence-electron chi connectivity index (χ1n) is 4.32. The molecule has 2 heterocycles. The number of hydrogen-bond acceptors (Lipinski definition) is 1. The highest BCUT2D eigenvalue weighted by atomic mass is 35.5. The highest BCUT2D eigenvalue weighted by molar-refractivity contribution is 6.30. The molecule has 0 spiro atoms. The summed E-state index contributed by atoms with van der Waals surface area (Å²) >= 11 is 5.87. The van der Waals surface area contributed by atoms with Crippen molar-refractivity contribution in [1.29, 1.82) is 0 Å². The molecule has 70 valence electrons. The second-order valence-electron chi connectivity index (χ2n) is 3.15. The zero-order valence-corrected chi connectivity index (χ0v) is 8.57. The van der Waals surface area contributed by atoms with Crippen molar-refractivity contribution in [2.45, 2.75) is 0 Å². The number of nitrogens with zero attached hydrogens (tertiary/aromatic N) is 2. The first-order valence-corrected chi connectivity index (χ1v) is 4.70. The average molecular weight is 206 g/mol. The standard InChI is InChI=1S/C11H10ClN2/c1-14-4-2-3-9(8-14)10-5-11(12)7-13-6-10/h2-8H,1H3/q+1. The van der Waals surface area contributed by atoms with Gasteiger partial charge in [-0.2, -0.15) is 0 Å². The van der Waals surface area contributed by atoms with Crippen molar-refractivity contribution in [3.8, 4) is 11.1 Å². The third-order valence-corrected chi connectivity index (χ3v) is 2.18. The van der Waals surface area contributed by atoms with Crippen LogP contribution in [0.1, 0.15) is 0 Å². The Bertz CT molecular complexity index is 411. The molecule has 0 atom stereocenters. The van der Waals surface area contributed by atoms with Gasteiger partial charge in [-0.05, 0) is 12.1 Å². The van der Waals surface area contributed by atoms with E-state index in [9.17, 15) is 0 Å². The Balaban J connectivity index is 2.49. The Labute approximate surface area is 87.8 Å². The summed E-state index contributed by atoms with van der Waals surface area (Å²) in [6.45, 7) is 0. The molecule has 0 radical (unpaired) electrons. The Hall–Kier alpha value is -1.41. The van der Waals surface area contributed by atoms with Crippen LogP contribution in [0.25, 0.3) is 11.1 Å². The minimum absolute atomic E-state index is 0.661. The van der Waals surface area contributed by atoms with E-state index in [1.807, 2.05) is 42.2 Å². The zero-order valence-electron chi connectivity index (χ0n) is 7.81. The summed E-state index contributed by atoms with van der Waals surface area (Å²) in [6, 6.07) is 5.94. The molecule has 0 fully saturated rings. The fourth-order valence-electron chi connectivity index (χ4n) is 1.33.